The van der Waals surface area contributed by atoms with Crippen molar-refractivity contribution in [2.75, 3.05) is 5.73 Å². The van der Waals surface area contributed by atoms with Crippen LogP contribution in [0.3, 0.4) is 0 Å². The van der Waals surface area contributed by atoms with Crippen LogP contribution in [0.15, 0.2) is 34.7 Å². The maximum Gasteiger partial charge on any atom is 0.228 e. The summed E-state index contributed by atoms with van der Waals surface area (Å²) in [4.78, 5) is 4.37. The van der Waals surface area contributed by atoms with Gasteiger partial charge in [0.1, 0.15) is 11.6 Å². The van der Waals surface area contributed by atoms with E-state index in [2.05, 4.69) is 4.98 Å². The first kappa shape index (κ1) is 9.77. The van der Waals surface area contributed by atoms with Crippen LogP contribution in [0.5, 0.6) is 5.75 Å². The van der Waals surface area contributed by atoms with Crippen molar-refractivity contribution in [2.45, 2.75) is 0 Å². The van der Waals surface area contributed by atoms with Crippen LogP contribution >= 0.6 is 0 Å². The summed E-state index contributed by atoms with van der Waals surface area (Å²) in [7, 11) is 1.83. The molecule has 1 aromatic carbocycles. The van der Waals surface area contributed by atoms with Crippen LogP contribution in [0.4, 0.5) is 5.82 Å². The summed E-state index contributed by atoms with van der Waals surface area (Å²) in [6, 6.07) is 8.44. The zero-order valence-corrected chi connectivity index (χ0v) is 9.21. The van der Waals surface area contributed by atoms with Crippen molar-refractivity contribution in [2.24, 2.45) is 7.05 Å². The van der Waals surface area contributed by atoms with Gasteiger partial charge in [-0.1, -0.05) is 0 Å². The summed E-state index contributed by atoms with van der Waals surface area (Å²) in [5.74, 6) is 1.35. The Hall–Kier alpha value is -2.43. The van der Waals surface area contributed by atoms with E-state index in [-0.39, 0.29) is 5.75 Å². The first-order valence-electron chi connectivity index (χ1n) is 5.16. The lowest BCUT2D eigenvalue weighted by Crippen LogP contribution is -1.95. The molecule has 3 N–H and O–H groups in total. The van der Waals surface area contributed by atoms with E-state index in [9.17, 15) is 5.11 Å². The number of benzene rings is 1. The van der Waals surface area contributed by atoms with Crippen LogP contribution in [0, 0.1) is 0 Å². The minimum Gasteiger partial charge on any atom is -0.508 e. The molecule has 5 nitrogen and oxygen atoms in total. The number of hydrogen-bond acceptors (Lipinski definition) is 4. The van der Waals surface area contributed by atoms with E-state index in [1.165, 1.54) is 0 Å². The smallest absolute Gasteiger partial charge is 0.228 e. The molecule has 0 amide bonds. The lowest BCUT2D eigenvalue weighted by atomic mass is 10.2. The van der Waals surface area contributed by atoms with Crippen molar-refractivity contribution < 1.29 is 9.52 Å². The van der Waals surface area contributed by atoms with Gasteiger partial charge in [0, 0.05) is 18.7 Å². The summed E-state index contributed by atoms with van der Waals surface area (Å²) in [5.41, 5.74) is 7.93. The topological polar surface area (TPSA) is 77.2 Å². The molecule has 0 saturated heterocycles. The van der Waals surface area contributed by atoms with Gasteiger partial charge in [0.25, 0.3) is 0 Å². The second-order valence-electron chi connectivity index (χ2n) is 3.88. The Labute approximate surface area is 97.1 Å². The molecule has 0 saturated carbocycles. The number of nitrogens with two attached hydrogens (primary N) is 1. The fourth-order valence-electron chi connectivity index (χ4n) is 1.74. The largest absolute Gasteiger partial charge is 0.508 e. The summed E-state index contributed by atoms with van der Waals surface area (Å²) >= 11 is 0. The van der Waals surface area contributed by atoms with Gasteiger partial charge < -0.3 is 19.8 Å². The molecule has 0 fully saturated rings. The van der Waals surface area contributed by atoms with Crippen LogP contribution in [0.2, 0.25) is 0 Å². The van der Waals surface area contributed by atoms with E-state index in [0.29, 0.717) is 22.9 Å². The minimum atomic E-state index is 0.217. The third-order valence-corrected chi connectivity index (χ3v) is 2.73. The van der Waals surface area contributed by atoms with Gasteiger partial charge >= 0.3 is 0 Å². The molecule has 0 atom stereocenters. The van der Waals surface area contributed by atoms with Gasteiger partial charge in [-0.2, -0.15) is 4.98 Å². The summed E-state index contributed by atoms with van der Waals surface area (Å²) in [6.45, 7) is 0. The molecule has 2 aromatic heterocycles. The van der Waals surface area contributed by atoms with Crippen molar-refractivity contribution in [3.05, 3.63) is 30.3 Å². The van der Waals surface area contributed by atoms with Gasteiger partial charge in [-0.05, 0) is 24.3 Å². The quantitative estimate of drug-likeness (QED) is 0.670. The highest BCUT2D eigenvalue weighted by Gasteiger charge is 2.12. The third-order valence-electron chi connectivity index (χ3n) is 2.73. The van der Waals surface area contributed by atoms with Gasteiger partial charge in [-0.15, -0.1) is 0 Å². The molecule has 0 radical (unpaired) electrons. The number of aromatic hydroxyl groups is 1. The van der Waals surface area contributed by atoms with Crippen LogP contribution in [-0.2, 0) is 7.05 Å². The van der Waals surface area contributed by atoms with Crippen molar-refractivity contribution in [1.82, 2.24) is 9.55 Å². The second kappa shape index (κ2) is 3.28. The number of aryl methyl sites for hydroxylation is 1. The van der Waals surface area contributed by atoms with E-state index in [1.54, 1.807) is 34.9 Å². The molecule has 3 aromatic rings. The Morgan fingerprint density at radius 2 is 2.00 bits per heavy atom. The molecule has 5 heteroatoms. The Bertz CT molecular complexity index is 680. The summed E-state index contributed by atoms with van der Waals surface area (Å²) < 4.78 is 7.37. The molecule has 0 bridgehead atoms. The Morgan fingerprint density at radius 1 is 1.29 bits per heavy atom. The van der Waals surface area contributed by atoms with Gasteiger partial charge in [-0.3, -0.25) is 0 Å². The van der Waals surface area contributed by atoms with Crippen molar-refractivity contribution in [1.29, 1.82) is 0 Å². The predicted molar refractivity (Wildman–Crippen MR) is 64.5 cm³/mol. The lowest BCUT2D eigenvalue weighted by molar-refractivity contribution is 0.475. The molecule has 0 unspecified atom stereocenters. The number of nitrogens with zero attached hydrogens (tertiary/aromatic N) is 2. The normalized spacial score (nSPS) is 11.1. The van der Waals surface area contributed by atoms with Gasteiger partial charge in [0.2, 0.25) is 5.89 Å². The minimum absolute atomic E-state index is 0.217. The maximum absolute atomic E-state index is 9.21. The lowest BCUT2D eigenvalue weighted by Gasteiger charge is -1.96. The number of fused-ring (bicyclic) bond motifs is 1. The van der Waals surface area contributed by atoms with E-state index in [0.717, 1.165) is 5.56 Å². The number of nitrogen functional groups attached to an aromatic ring is 1. The molecule has 0 spiro atoms. The van der Waals surface area contributed by atoms with E-state index in [1.807, 2.05) is 7.05 Å². The molecule has 0 aliphatic carbocycles. The van der Waals surface area contributed by atoms with Crippen LogP contribution in [0.1, 0.15) is 0 Å². The zero-order chi connectivity index (χ0) is 12.0. The first-order valence-corrected chi connectivity index (χ1v) is 5.16. The Morgan fingerprint density at radius 3 is 2.65 bits per heavy atom. The highest BCUT2D eigenvalue weighted by Crippen LogP contribution is 2.27. The summed E-state index contributed by atoms with van der Waals surface area (Å²) in [6.07, 6.45) is 0. The number of oxazole rings is 1. The monoisotopic (exact) mass is 229 g/mol. The number of anilines is 1. The van der Waals surface area contributed by atoms with Gasteiger partial charge in [0.05, 0.1) is 0 Å². The van der Waals surface area contributed by atoms with Gasteiger partial charge in [-0.25, -0.2) is 0 Å². The number of phenols is 1. The van der Waals surface area contributed by atoms with E-state index >= 15 is 0 Å². The average molecular weight is 229 g/mol. The van der Waals surface area contributed by atoms with Crippen LogP contribution < -0.4 is 5.73 Å². The maximum atomic E-state index is 9.21. The molecule has 2 heterocycles. The van der Waals surface area contributed by atoms with Crippen LogP contribution in [-0.4, -0.2) is 14.7 Å². The van der Waals surface area contributed by atoms with Gasteiger partial charge in [0.15, 0.2) is 11.2 Å². The Kier molecular flexibility index (Phi) is 1.89. The number of hydrogen-bond donors (Lipinski definition) is 2. The zero-order valence-electron chi connectivity index (χ0n) is 9.21. The predicted octanol–water partition coefficient (Wildman–Crippen LogP) is 2.12. The fraction of sp³-hybridized carbons (Fsp3) is 0.0833. The van der Waals surface area contributed by atoms with E-state index < -0.39 is 0 Å². The molecular weight excluding hydrogens is 218 g/mol. The molecule has 86 valence electrons. The second-order valence-corrected chi connectivity index (χ2v) is 3.88. The number of phenolic OH excluding ortho intramolecular Hbond substituents is 1. The van der Waals surface area contributed by atoms with Crippen molar-refractivity contribution in [3.63, 3.8) is 0 Å². The summed E-state index contributed by atoms with van der Waals surface area (Å²) in [5, 5.41) is 9.21. The van der Waals surface area contributed by atoms with Crippen molar-refractivity contribution in [3.8, 4) is 17.2 Å². The SMILES string of the molecule is Cn1c(N)cc2oc(-c3ccc(O)cc3)nc21. The highest BCUT2D eigenvalue weighted by molar-refractivity contribution is 5.78. The number of rotatable bonds is 1. The molecular formula is C12H11N3O2. The number of aromatic nitrogens is 2. The molecule has 3 rings (SSSR count). The molecule has 17 heavy (non-hydrogen) atoms. The van der Waals surface area contributed by atoms with E-state index in [4.69, 9.17) is 10.2 Å². The van der Waals surface area contributed by atoms with Crippen LogP contribution in [0.25, 0.3) is 22.7 Å². The standard InChI is InChI=1S/C12H11N3O2/c1-15-10(13)6-9-11(15)14-12(17-9)7-2-4-8(16)5-3-7/h2-6,16H,13H2,1H3. The first-order chi connectivity index (χ1) is 8.15. The fourth-order valence-corrected chi connectivity index (χ4v) is 1.74. The molecule has 0 aliphatic rings. The average Bonchev–Trinajstić information content (AvgIpc) is 2.82. The molecule has 0 aliphatic heterocycles. The Balaban J connectivity index is 2.15. The van der Waals surface area contributed by atoms with Crippen molar-refractivity contribution >= 4 is 17.0 Å². The highest BCUT2D eigenvalue weighted by atomic mass is 16.3. The third kappa shape index (κ3) is 1.44.